The van der Waals surface area contributed by atoms with Crippen LogP contribution in [-0.2, 0) is 24.4 Å². The lowest BCUT2D eigenvalue weighted by atomic mass is 9.86. The van der Waals surface area contributed by atoms with E-state index in [2.05, 4.69) is 4.72 Å². The minimum absolute atomic E-state index is 0.125. The molecule has 9 nitrogen and oxygen atoms in total. The van der Waals surface area contributed by atoms with Gasteiger partial charge in [-0.1, -0.05) is 20.8 Å². The van der Waals surface area contributed by atoms with Gasteiger partial charge in [-0.05, 0) is 18.3 Å². The molecule has 150 valence electrons. The van der Waals surface area contributed by atoms with Gasteiger partial charge in [-0.15, -0.1) is 0 Å². The number of amides is 2. The van der Waals surface area contributed by atoms with Crippen LogP contribution in [0.25, 0.3) is 0 Å². The van der Waals surface area contributed by atoms with E-state index < -0.39 is 39.3 Å². The minimum atomic E-state index is -3.61. The molecule has 1 aliphatic rings. The summed E-state index contributed by atoms with van der Waals surface area (Å²) in [4.78, 5) is 38.9. The highest BCUT2D eigenvalue weighted by atomic mass is 32.2. The van der Waals surface area contributed by atoms with Gasteiger partial charge in [0, 0.05) is 20.1 Å². The summed E-state index contributed by atoms with van der Waals surface area (Å²) in [7, 11) is -2.18. The van der Waals surface area contributed by atoms with E-state index in [0.717, 1.165) is 6.26 Å². The van der Waals surface area contributed by atoms with Crippen molar-refractivity contribution in [1.82, 2.24) is 14.5 Å². The highest BCUT2D eigenvalue weighted by Crippen LogP contribution is 2.22. The van der Waals surface area contributed by atoms with Crippen LogP contribution in [-0.4, -0.2) is 80.1 Å². The number of nitrogens with zero attached hydrogens (tertiary/aromatic N) is 2. The summed E-state index contributed by atoms with van der Waals surface area (Å²) in [6, 6.07) is -1.01. The number of likely N-dealkylation sites (tertiary alicyclic amines) is 1. The second-order valence-electron chi connectivity index (χ2n) is 7.90. The van der Waals surface area contributed by atoms with Crippen LogP contribution in [0.4, 0.5) is 0 Å². The largest absolute Gasteiger partial charge is 0.481 e. The minimum Gasteiger partial charge on any atom is -0.481 e. The maximum absolute atomic E-state index is 12.7. The van der Waals surface area contributed by atoms with Gasteiger partial charge in [0.05, 0.1) is 18.7 Å². The van der Waals surface area contributed by atoms with Crippen molar-refractivity contribution in [3.8, 4) is 0 Å². The fraction of sp³-hybridized carbons (Fsp3) is 0.812. The van der Waals surface area contributed by atoms with Crippen LogP contribution >= 0.6 is 0 Å². The third-order valence-corrected chi connectivity index (χ3v) is 4.98. The molecular formula is C16H29N3O6S. The predicted molar refractivity (Wildman–Crippen MR) is 95.8 cm³/mol. The molecule has 2 unspecified atom stereocenters. The summed E-state index contributed by atoms with van der Waals surface area (Å²) >= 11 is 0. The van der Waals surface area contributed by atoms with Crippen LogP contribution in [0.1, 0.15) is 33.6 Å². The van der Waals surface area contributed by atoms with Crippen LogP contribution in [0.2, 0.25) is 0 Å². The molecule has 26 heavy (non-hydrogen) atoms. The summed E-state index contributed by atoms with van der Waals surface area (Å²) in [5.41, 5.74) is -0.684. The van der Waals surface area contributed by atoms with Crippen molar-refractivity contribution in [2.24, 2.45) is 11.3 Å². The van der Waals surface area contributed by atoms with Crippen molar-refractivity contribution >= 4 is 27.8 Å². The second kappa shape index (κ2) is 8.34. The van der Waals surface area contributed by atoms with Crippen molar-refractivity contribution in [2.45, 2.75) is 39.7 Å². The SMILES string of the molecule is CN(CC(=O)N1CCCC(C(=O)O)C1)C(=O)C(NS(C)(=O)=O)C(C)(C)C. The molecule has 2 atom stereocenters. The number of sulfonamides is 1. The van der Waals surface area contributed by atoms with Crippen LogP contribution < -0.4 is 4.72 Å². The van der Waals surface area contributed by atoms with Crippen molar-refractivity contribution in [1.29, 1.82) is 0 Å². The molecule has 1 aliphatic heterocycles. The molecular weight excluding hydrogens is 362 g/mol. The van der Waals surface area contributed by atoms with Gasteiger partial charge in [-0.3, -0.25) is 14.4 Å². The molecule has 0 aromatic rings. The molecule has 1 fully saturated rings. The first kappa shape index (κ1) is 22.4. The zero-order valence-electron chi connectivity index (χ0n) is 16.0. The van der Waals surface area contributed by atoms with Crippen LogP contribution in [0.3, 0.4) is 0 Å². The Morgan fingerprint density at radius 2 is 1.88 bits per heavy atom. The first-order valence-electron chi connectivity index (χ1n) is 8.45. The third-order valence-electron chi connectivity index (χ3n) is 4.32. The molecule has 0 aliphatic carbocycles. The lowest BCUT2D eigenvalue weighted by Gasteiger charge is -2.35. The van der Waals surface area contributed by atoms with E-state index in [4.69, 9.17) is 5.11 Å². The number of carboxylic acid groups (broad SMARTS) is 1. The number of likely N-dealkylation sites (N-methyl/N-ethyl adjacent to an activating group) is 1. The lowest BCUT2D eigenvalue weighted by Crippen LogP contribution is -2.55. The number of hydrogen-bond donors (Lipinski definition) is 2. The summed E-state index contributed by atoms with van der Waals surface area (Å²) in [6.07, 6.45) is 2.10. The molecule has 2 amide bonds. The maximum Gasteiger partial charge on any atom is 0.308 e. The smallest absolute Gasteiger partial charge is 0.308 e. The summed E-state index contributed by atoms with van der Waals surface area (Å²) < 4.78 is 25.5. The molecule has 10 heteroatoms. The quantitative estimate of drug-likeness (QED) is 0.642. The fourth-order valence-electron chi connectivity index (χ4n) is 2.82. The van der Waals surface area contributed by atoms with Gasteiger partial charge in [0.2, 0.25) is 21.8 Å². The number of hydrogen-bond acceptors (Lipinski definition) is 5. The van der Waals surface area contributed by atoms with Crippen molar-refractivity contribution in [3.05, 3.63) is 0 Å². The molecule has 2 N–H and O–H groups in total. The van der Waals surface area contributed by atoms with Crippen LogP contribution in [0.5, 0.6) is 0 Å². The van der Waals surface area contributed by atoms with Crippen LogP contribution in [0.15, 0.2) is 0 Å². The molecule has 1 rings (SSSR count). The van der Waals surface area contributed by atoms with Gasteiger partial charge in [0.1, 0.15) is 6.04 Å². The van der Waals surface area contributed by atoms with Crippen molar-refractivity contribution in [2.75, 3.05) is 32.9 Å². The third kappa shape index (κ3) is 6.56. The molecule has 0 bridgehead atoms. The van der Waals surface area contributed by atoms with E-state index in [-0.39, 0.29) is 19.0 Å². The number of rotatable bonds is 6. The molecule has 0 spiro atoms. The van der Waals surface area contributed by atoms with Gasteiger partial charge in [0.15, 0.2) is 0 Å². The van der Waals surface area contributed by atoms with Gasteiger partial charge in [0.25, 0.3) is 0 Å². The standard InChI is InChI=1S/C16H29N3O6S/c1-16(2,3)13(17-26(5,24)25)14(21)18(4)10-12(20)19-8-6-7-11(9-19)15(22)23/h11,13,17H,6-10H2,1-5H3,(H,22,23). The van der Waals surface area contributed by atoms with E-state index in [9.17, 15) is 22.8 Å². The zero-order chi connectivity index (χ0) is 20.3. The summed E-state index contributed by atoms with van der Waals surface area (Å²) in [6.45, 7) is 5.53. The topological polar surface area (TPSA) is 124 Å². The number of nitrogens with one attached hydrogen (secondary N) is 1. The maximum atomic E-state index is 12.7. The Morgan fingerprint density at radius 3 is 2.35 bits per heavy atom. The normalized spacial score (nSPS) is 19.7. The van der Waals surface area contributed by atoms with Gasteiger partial charge in [-0.2, -0.15) is 0 Å². The van der Waals surface area contributed by atoms with E-state index in [1.807, 2.05) is 0 Å². The Labute approximate surface area is 154 Å². The molecule has 1 heterocycles. The molecule has 0 aromatic carbocycles. The monoisotopic (exact) mass is 391 g/mol. The summed E-state index contributed by atoms with van der Waals surface area (Å²) in [5, 5.41) is 9.11. The Bertz CT molecular complexity index is 655. The van der Waals surface area contributed by atoms with Crippen molar-refractivity contribution < 1.29 is 27.9 Å². The number of carbonyl (C=O) groups excluding carboxylic acids is 2. The fourth-order valence-corrected chi connectivity index (χ4v) is 3.70. The average Bonchev–Trinajstić information content (AvgIpc) is 2.50. The van der Waals surface area contributed by atoms with Crippen LogP contribution in [0, 0.1) is 11.3 Å². The molecule has 1 saturated heterocycles. The van der Waals surface area contributed by atoms with Gasteiger partial charge in [-0.25, -0.2) is 13.1 Å². The first-order chi connectivity index (χ1) is 11.7. The Balaban J connectivity index is 2.80. The average molecular weight is 391 g/mol. The molecule has 0 radical (unpaired) electrons. The summed E-state index contributed by atoms with van der Waals surface area (Å²) in [5.74, 6) is -2.39. The lowest BCUT2D eigenvalue weighted by molar-refractivity contribution is -0.148. The molecule has 0 aromatic heterocycles. The Kier molecular flexibility index (Phi) is 7.17. The number of carbonyl (C=O) groups is 3. The number of aliphatic carboxylic acids is 1. The van der Waals surface area contributed by atoms with Gasteiger partial charge >= 0.3 is 5.97 Å². The Hall–Kier alpha value is -1.68. The number of carboxylic acids is 1. The van der Waals surface area contributed by atoms with Crippen molar-refractivity contribution in [3.63, 3.8) is 0 Å². The molecule has 0 saturated carbocycles. The van der Waals surface area contributed by atoms with E-state index in [1.54, 1.807) is 20.8 Å². The first-order valence-corrected chi connectivity index (χ1v) is 10.3. The highest BCUT2D eigenvalue weighted by molar-refractivity contribution is 7.88. The van der Waals surface area contributed by atoms with E-state index in [1.165, 1.54) is 16.8 Å². The second-order valence-corrected chi connectivity index (χ2v) is 9.68. The van der Waals surface area contributed by atoms with E-state index in [0.29, 0.717) is 19.4 Å². The van der Waals surface area contributed by atoms with Gasteiger partial charge < -0.3 is 14.9 Å². The Morgan fingerprint density at radius 1 is 1.31 bits per heavy atom. The predicted octanol–water partition coefficient (Wildman–Crippen LogP) is -0.268. The van der Waals surface area contributed by atoms with E-state index >= 15 is 0 Å². The number of piperidine rings is 1. The highest BCUT2D eigenvalue weighted by Gasteiger charge is 2.36. The zero-order valence-corrected chi connectivity index (χ0v) is 16.8.